The fraction of sp³-hybridized carbons (Fsp3) is 0.947. The van der Waals surface area contributed by atoms with Crippen molar-refractivity contribution < 1.29 is 80.2 Å². The third-order valence-corrected chi connectivity index (χ3v) is 19.3. The van der Waals surface area contributed by atoms with E-state index in [1.165, 1.54) is 186 Å². The molecule has 0 fully saturated rings. The van der Waals surface area contributed by atoms with Crippen LogP contribution in [0, 0.1) is 17.8 Å². The summed E-state index contributed by atoms with van der Waals surface area (Å²) in [5.74, 6) is 0.174. The minimum absolute atomic E-state index is 0.103. The van der Waals surface area contributed by atoms with Gasteiger partial charge in [0.05, 0.1) is 26.4 Å². The molecule has 17 nitrogen and oxygen atoms in total. The minimum atomic E-state index is -4.96. The summed E-state index contributed by atoms with van der Waals surface area (Å²) in [4.78, 5) is 72.6. The molecule has 0 rings (SSSR count). The molecule has 0 aromatic rings. The lowest BCUT2D eigenvalue weighted by Crippen LogP contribution is -2.30. The molecule has 0 saturated heterocycles. The first-order valence-electron chi connectivity index (χ1n) is 38.8. The van der Waals surface area contributed by atoms with Crippen molar-refractivity contribution in [2.45, 2.75) is 401 Å². The van der Waals surface area contributed by atoms with Crippen LogP contribution in [-0.4, -0.2) is 96.7 Å². The summed E-state index contributed by atoms with van der Waals surface area (Å²) in [5, 5.41) is 10.6. The zero-order valence-electron chi connectivity index (χ0n) is 61.4. The van der Waals surface area contributed by atoms with Crippen LogP contribution in [0.1, 0.15) is 382 Å². The van der Waals surface area contributed by atoms with Crippen molar-refractivity contribution in [1.29, 1.82) is 0 Å². The molecule has 0 amide bonds. The van der Waals surface area contributed by atoms with E-state index in [4.69, 9.17) is 37.0 Å². The highest BCUT2D eigenvalue weighted by Gasteiger charge is 2.30. The molecule has 0 heterocycles. The third-order valence-electron chi connectivity index (χ3n) is 17.4. The van der Waals surface area contributed by atoms with Gasteiger partial charge < -0.3 is 33.8 Å². The number of hydrogen-bond acceptors (Lipinski definition) is 15. The predicted molar refractivity (Wildman–Crippen MR) is 381 cm³/mol. The van der Waals surface area contributed by atoms with Gasteiger partial charge in [-0.1, -0.05) is 331 Å². The molecule has 0 aliphatic carbocycles. The molecule has 0 bridgehead atoms. The van der Waals surface area contributed by atoms with Crippen molar-refractivity contribution in [1.82, 2.24) is 0 Å². The molecule has 0 saturated carbocycles. The Balaban J connectivity index is 5.17. The number of carbonyl (C=O) groups is 4. The number of phosphoric acid groups is 2. The van der Waals surface area contributed by atoms with E-state index in [0.717, 1.165) is 108 Å². The number of rotatable bonds is 73. The topological polar surface area (TPSA) is 237 Å². The fourth-order valence-electron chi connectivity index (χ4n) is 11.4. The van der Waals surface area contributed by atoms with Crippen LogP contribution < -0.4 is 0 Å². The molecule has 0 aliphatic rings. The number of phosphoric ester groups is 2. The second kappa shape index (κ2) is 65.7. The van der Waals surface area contributed by atoms with Gasteiger partial charge in [-0.05, 0) is 43.4 Å². The Kier molecular flexibility index (Phi) is 64.3. The van der Waals surface area contributed by atoms with Crippen LogP contribution >= 0.6 is 15.6 Å². The van der Waals surface area contributed by atoms with Crippen LogP contribution in [0.2, 0.25) is 0 Å². The van der Waals surface area contributed by atoms with E-state index in [-0.39, 0.29) is 25.7 Å². The molecular weight excluding hydrogens is 1230 g/mol. The summed E-state index contributed by atoms with van der Waals surface area (Å²) < 4.78 is 68.4. The first kappa shape index (κ1) is 92.1. The van der Waals surface area contributed by atoms with Crippen molar-refractivity contribution in [3.8, 4) is 0 Å². The van der Waals surface area contributed by atoms with Gasteiger partial charge in [-0.25, -0.2) is 9.13 Å². The lowest BCUT2D eigenvalue weighted by molar-refractivity contribution is -0.161. The molecule has 5 atom stereocenters. The van der Waals surface area contributed by atoms with Gasteiger partial charge in [0, 0.05) is 25.7 Å². The van der Waals surface area contributed by atoms with Crippen LogP contribution in [-0.2, 0) is 65.4 Å². The second-order valence-corrected chi connectivity index (χ2v) is 31.4. The Bertz CT molecular complexity index is 1840. The summed E-state index contributed by atoms with van der Waals surface area (Å²) in [6.45, 7) is 11.8. The summed E-state index contributed by atoms with van der Waals surface area (Å²) in [6.07, 6.45) is 51.6. The number of aliphatic hydroxyl groups is 1. The first-order chi connectivity index (χ1) is 45.2. The normalized spacial score (nSPS) is 14.1. The number of esters is 4. The summed E-state index contributed by atoms with van der Waals surface area (Å²) >= 11 is 0. The number of aliphatic hydroxyl groups excluding tert-OH is 1. The van der Waals surface area contributed by atoms with Crippen LogP contribution in [0.3, 0.4) is 0 Å². The van der Waals surface area contributed by atoms with Crippen molar-refractivity contribution in [3.63, 3.8) is 0 Å². The molecule has 94 heavy (non-hydrogen) atoms. The monoisotopic (exact) mass is 1380 g/mol. The lowest BCUT2D eigenvalue weighted by atomic mass is 10.0. The van der Waals surface area contributed by atoms with Crippen molar-refractivity contribution in [3.05, 3.63) is 0 Å². The highest BCUT2D eigenvalue weighted by Crippen LogP contribution is 2.45. The Morgan fingerprint density at radius 2 is 0.489 bits per heavy atom. The molecule has 558 valence electrons. The molecule has 0 aromatic heterocycles. The summed E-state index contributed by atoms with van der Waals surface area (Å²) in [5.41, 5.74) is 0. The third kappa shape index (κ3) is 68.6. The first-order valence-corrected chi connectivity index (χ1v) is 41.8. The van der Waals surface area contributed by atoms with Gasteiger partial charge in [-0.15, -0.1) is 0 Å². The maximum absolute atomic E-state index is 13.1. The standard InChI is InChI=1S/C75H146O17P2/c1-8-9-10-11-12-35-42-49-56-72(77)85-62-71(92-75(80)59-52-45-38-31-34-41-48-55-68(6)7)65-90-94(83,84)88-61-69(76)60-87-93(81,82)89-64-70(63-86-73(78)57-50-43-36-29-25-22-21-24-28-33-40-47-54-67(4)5)91-74(79)58-51-44-37-30-26-20-18-16-14-13-15-17-19-23-27-32-39-46-53-66(2)3/h66-71,76H,8-65H2,1-7H3,(H,81,82)(H,83,84)/t69-,70-,71-/m1/s1. The maximum Gasteiger partial charge on any atom is 0.472 e. The van der Waals surface area contributed by atoms with E-state index in [1.54, 1.807) is 0 Å². The Labute approximate surface area is 575 Å². The van der Waals surface area contributed by atoms with Gasteiger partial charge in [0.25, 0.3) is 0 Å². The van der Waals surface area contributed by atoms with Gasteiger partial charge in [-0.3, -0.25) is 37.3 Å². The van der Waals surface area contributed by atoms with Gasteiger partial charge in [-0.2, -0.15) is 0 Å². The lowest BCUT2D eigenvalue weighted by Gasteiger charge is -2.21. The van der Waals surface area contributed by atoms with Crippen LogP contribution in [0.25, 0.3) is 0 Å². The molecule has 0 spiro atoms. The molecular formula is C75H146O17P2. The fourth-order valence-corrected chi connectivity index (χ4v) is 13.0. The maximum atomic E-state index is 13.1. The molecule has 19 heteroatoms. The van der Waals surface area contributed by atoms with Crippen LogP contribution in [0.5, 0.6) is 0 Å². The second-order valence-electron chi connectivity index (χ2n) is 28.5. The minimum Gasteiger partial charge on any atom is -0.462 e. The quantitative estimate of drug-likeness (QED) is 0.0222. The smallest absolute Gasteiger partial charge is 0.462 e. The van der Waals surface area contributed by atoms with E-state index in [0.29, 0.717) is 31.6 Å². The zero-order valence-corrected chi connectivity index (χ0v) is 63.2. The van der Waals surface area contributed by atoms with E-state index in [2.05, 4.69) is 48.5 Å². The highest BCUT2D eigenvalue weighted by molar-refractivity contribution is 7.47. The molecule has 0 aromatic carbocycles. The van der Waals surface area contributed by atoms with Gasteiger partial charge in [0.2, 0.25) is 0 Å². The predicted octanol–water partition coefficient (Wildman–Crippen LogP) is 21.8. The molecule has 2 unspecified atom stereocenters. The summed E-state index contributed by atoms with van der Waals surface area (Å²) in [6, 6.07) is 0. The Morgan fingerprint density at radius 1 is 0.287 bits per heavy atom. The average Bonchev–Trinajstić information content (AvgIpc) is 1.50. The van der Waals surface area contributed by atoms with Gasteiger partial charge >= 0.3 is 39.5 Å². The number of hydrogen-bond donors (Lipinski definition) is 3. The van der Waals surface area contributed by atoms with E-state index >= 15 is 0 Å². The van der Waals surface area contributed by atoms with Gasteiger partial charge in [0.15, 0.2) is 12.2 Å². The SMILES string of the molecule is CCCCCCCCCCC(=O)OC[C@H](COP(=O)(O)OC[C@H](O)COP(=O)(O)OC[C@@H](COC(=O)CCCCCCCCCCCCCCC(C)C)OC(=O)CCCCCCCCCCCCCCCCCCCCC(C)C)OC(=O)CCCCCCCCCC(C)C. The highest BCUT2D eigenvalue weighted by atomic mass is 31.2. The number of unbranched alkanes of at least 4 members (excludes halogenated alkanes) is 41. The average molecular weight is 1380 g/mol. The van der Waals surface area contributed by atoms with E-state index in [9.17, 15) is 43.2 Å². The summed E-state index contributed by atoms with van der Waals surface area (Å²) in [7, 11) is -9.90. The van der Waals surface area contributed by atoms with Crippen LogP contribution in [0.15, 0.2) is 0 Å². The Hall–Kier alpha value is -1.94. The number of ether oxygens (including phenoxy) is 4. The largest absolute Gasteiger partial charge is 0.472 e. The Morgan fingerprint density at radius 3 is 0.723 bits per heavy atom. The van der Waals surface area contributed by atoms with Crippen molar-refractivity contribution >= 4 is 39.5 Å². The molecule has 0 radical (unpaired) electrons. The molecule has 0 aliphatic heterocycles. The zero-order chi connectivity index (χ0) is 69.4. The van der Waals surface area contributed by atoms with Gasteiger partial charge in [0.1, 0.15) is 19.3 Å². The number of carbonyl (C=O) groups excluding carboxylic acids is 4. The van der Waals surface area contributed by atoms with E-state index in [1.807, 2.05) is 0 Å². The van der Waals surface area contributed by atoms with Crippen molar-refractivity contribution in [2.75, 3.05) is 39.6 Å². The van der Waals surface area contributed by atoms with Crippen molar-refractivity contribution in [2.24, 2.45) is 17.8 Å². The molecule has 3 N–H and O–H groups in total. The van der Waals surface area contributed by atoms with Crippen LogP contribution in [0.4, 0.5) is 0 Å². The van der Waals surface area contributed by atoms with E-state index < -0.39 is 97.5 Å².